The van der Waals surface area contributed by atoms with Crippen LogP contribution in [-0.4, -0.2) is 40.0 Å². The van der Waals surface area contributed by atoms with Crippen molar-refractivity contribution in [3.8, 4) is 10.6 Å². The Labute approximate surface area is 131 Å². The van der Waals surface area contributed by atoms with Crippen LogP contribution >= 0.6 is 11.3 Å². The monoisotopic (exact) mass is 320 g/mol. The molecule has 6 nitrogen and oxygen atoms in total. The highest BCUT2D eigenvalue weighted by atomic mass is 32.1. The van der Waals surface area contributed by atoms with E-state index in [-0.39, 0.29) is 24.8 Å². The Morgan fingerprint density at radius 2 is 2.32 bits per heavy atom. The lowest BCUT2D eigenvalue weighted by Crippen LogP contribution is -2.31. The maximum absolute atomic E-state index is 12.3. The van der Waals surface area contributed by atoms with Gasteiger partial charge in [-0.15, -0.1) is 11.3 Å². The number of amides is 1. The largest absolute Gasteiger partial charge is 0.481 e. The molecular formula is C15H16N2O4S. The van der Waals surface area contributed by atoms with Crippen LogP contribution in [0.15, 0.2) is 28.4 Å². The number of nitrogens with zero attached hydrogens (tertiary/aromatic N) is 2. The van der Waals surface area contributed by atoms with Crippen molar-refractivity contribution >= 4 is 23.2 Å². The Hall–Kier alpha value is -2.15. The van der Waals surface area contributed by atoms with E-state index < -0.39 is 11.9 Å². The van der Waals surface area contributed by atoms with Gasteiger partial charge in [-0.2, -0.15) is 0 Å². The molecule has 0 radical (unpaired) electrons. The molecule has 116 valence electrons. The second kappa shape index (κ2) is 5.92. The van der Waals surface area contributed by atoms with E-state index >= 15 is 0 Å². The predicted octanol–water partition coefficient (Wildman–Crippen LogP) is 2.12. The van der Waals surface area contributed by atoms with Gasteiger partial charge in [-0.25, -0.2) is 4.98 Å². The van der Waals surface area contributed by atoms with Crippen molar-refractivity contribution in [1.29, 1.82) is 0 Å². The van der Waals surface area contributed by atoms with Crippen LogP contribution < -0.4 is 0 Å². The Bertz CT molecular complexity index is 680. The van der Waals surface area contributed by atoms with Gasteiger partial charge in [-0.1, -0.05) is 6.92 Å². The zero-order chi connectivity index (χ0) is 15.7. The number of hydrogen-bond donors (Lipinski definition) is 1. The average Bonchev–Trinajstić information content (AvgIpc) is 3.16. The van der Waals surface area contributed by atoms with E-state index in [1.807, 2.05) is 18.4 Å². The Morgan fingerprint density at radius 3 is 2.95 bits per heavy atom. The quantitative estimate of drug-likeness (QED) is 0.933. The molecule has 3 rings (SSSR count). The average molecular weight is 320 g/mol. The first-order chi connectivity index (χ1) is 10.5. The molecule has 0 bridgehead atoms. The zero-order valence-corrected chi connectivity index (χ0v) is 12.9. The fraction of sp³-hybridized carbons (Fsp3) is 0.400. The summed E-state index contributed by atoms with van der Waals surface area (Å²) in [7, 11) is 0. The molecule has 1 aliphatic heterocycles. The van der Waals surface area contributed by atoms with Crippen molar-refractivity contribution in [3.63, 3.8) is 0 Å². The molecule has 0 saturated carbocycles. The van der Waals surface area contributed by atoms with Crippen LogP contribution in [0.2, 0.25) is 0 Å². The van der Waals surface area contributed by atoms with Gasteiger partial charge in [0.25, 0.3) is 0 Å². The third kappa shape index (κ3) is 2.89. The molecule has 3 heterocycles. The van der Waals surface area contributed by atoms with Gasteiger partial charge >= 0.3 is 5.97 Å². The molecule has 1 fully saturated rings. The highest BCUT2D eigenvalue weighted by molar-refractivity contribution is 7.13. The van der Waals surface area contributed by atoms with Crippen molar-refractivity contribution in [2.75, 3.05) is 13.1 Å². The summed E-state index contributed by atoms with van der Waals surface area (Å²) in [5.74, 6) is -1.39. The van der Waals surface area contributed by atoms with Crippen molar-refractivity contribution in [2.24, 2.45) is 11.8 Å². The molecule has 2 atom stereocenters. The number of aliphatic carboxylic acids is 1. The standard InChI is InChI=1S/C15H16N2O4S/c1-9-5-17(6-12(9)15(19)20)13(18)4-11-8-22-14(16-11)10-2-3-21-7-10/h2-3,7-9,12H,4-6H2,1H3,(H,19,20)/t9-,12-/m1/s1. The molecule has 1 N–H and O–H groups in total. The molecule has 1 aliphatic rings. The fourth-order valence-corrected chi connectivity index (χ4v) is 3.47. The van der Waals surface area contributed by atoms with Gasteiger partial charge in [-0.05, 0) is 12.0 Å². The van der Waals surface area contributed by atoms with Gasteiger partial charge in [-0.3, -0.25) is 9.59 Å². The summed E-state index contributed by atoms with van der Waals surface area (Å²) in [6.45, 7) is 2.65. The van der Waals surface area contributed by atoms with E-state index in [0.29, 0.717) is 12.2 Å². The molecular weight excluding hydrogens is 304 g/mol. The first-order valence-electron chi connectivity index (χ1n) is 7.02. The molecule has 0 aliphatic carbocycles. The maximum Gasteiger partial charge on any atom is 0.308 e. The Balaban J connectivity index is 1.64. The topological polar surface area (TPSA) is 83.6 Å². The first kappa shape index (κ1) is 14.8. The van der Waals surface area contributed by atoms with Crippen molar-refractivity contribution in [2.45, 2.75) is 13.3 Å². The highest BCUT2D eigenvalue weighted by Gasteiger charge is 2.36. The lowest BCUT2D eigenvalue weighted by molar-refractivity contribution is -0.142. The van der Waals surface area contributed by atoms with E-state index in [9.17, 15) is 9.59 Å². The number of furan rings is 1. The van der Waals surface area contributed by atoms with Gasteiger partial charge in [0.15, 0.2) is 0 Å². The van der Waals surface area contributed by atoms with Crippen LogP contribution in [0.25, 0.3) is 10.6 Å². The van der Waals surface area contributed by atoms with E-state index in [1.54, 1.807) is 17.4 Å². The molecule has 2 aromatic rings. The fourth-order valence-electron chi connectivity index (χ4n) is 2.67. The minimum atomic E-state index is -0.835. The molecule has 2 aromatic heterocycles. The van der Waals surface area contributed by atoms with Gasteiger partial charge in [0, 0.05) is 24.0 Å². The number of rotatable bonds is 4. The highest BCUT2D eigenvalue weighted by Crippen LogP contribution is 2.26. The molecule has 1 amide bonds. The summed E-state index contributed by atoms with van der Waals surface area (Å²) < 4.78 is 5.02. The number of carbonyl (C=O) groups excluding carboxylic acids is 1. The number of carboxylic acids is 1. The van der Waals surface area contributed by atoms with Crippen LogP contribution in [0.3, 0.4) is 0 Å². The molecule has 7 heteroatoms. The second-order valence-electron chi connectivity index (χ2n) is 5.55. The van der Waals surface area contributed by atoms with Gasteiger partial charge in [0.1, 0.15) is 11.3 Å². The van der Waals surface area contributed by atoms with Crippen LogP contribution in [0, 0.1) is 11.8 Å². The molecule has 0 aromatic carbocycles. The van der Waals surface area contributed by atoms with Gasteiger partial charge < -0.3 is 14.4 Å². The van der Waals surface area contributed by atoms with E-state index in [4.69, 9.17) is 9.52 Å². The summed E-state index contributed by atoms with van der Waals surface area (Å²) in [5.41, 5.74) is 1.60. The maximum atomic E-state index is 12.3. The summed E-state index contributed by atoms with van der Waals surface area (Å²) in [5, 5.41) is 11.8. The molecule has 0 unspecified atom stereocenters. The van der Waals surface area contributed by atoms with Gasteiger partial charge in [0.2, 0.25) is 5.91 Å². The predicted molar refractivity (Wildman–Crippen MR) is 80.4 cm³/mol. The minimum Gasteiger partial charge on any atom is -0.481 e. The smallest absolute Gasteiger partial charge is 0.308 e. The lowest BCUT2D eigenvalue weighted by Gasteiger charge is -2.14. The van der Waals surface area contributed by atoms with Gasteiger partial charge in [0.05, 0.1) is 24.3 Å². The summed E-state index contributed by atoms with van der Waals surface area (Å²) >= 11 is 1.46. The normalized spacial score (nSPS) is 21.2. The number of carbonyl (C=O) groups is 2. The zero-order valence-electron chi connectivity index (χ0n) is 12.1. The lowest BCUT2D eigenvalue weighted by atomic mass is 9.99. The van der Waals surface area contributed by atoms with Crippen molar-refractivity contribution in [3.05, 3.63) is 29.7 Å². The first-order valence-corrected chi connectivity index (χ1v) is 7.90. The van der Waals surface area contributed by atoms with Crippen molar-refractivity contribution < 1.29 is 19.1 Å². The second-order valence-corrected chi connectivity index (χ2v) is 6.41. The van der Waals surface area contributed by atoms with Crippen LogP contribution in [-0.2, 0) is 16.0 Å². The van der Waals surface area contributed by atoms with Crippen LogP contribution in [0.5, 0.6) is 0 Å². The summed E-state index contributed by atoms with van der Waals surface area (Å²) in [4.78, 5) is 29.5. The Kier molecular flexibility index (Phi) is 3.98. The number of aromatic nitrogens is 1. The molecule has 22 heavy (non-hydrogen) atoms. The van der Waals surface area contributed by atoms with Crippen molar-refractivity contribution in [1.82, 2.24) is 9.88 Å². The summed E-state index contributed by atoms with van der Waals surface area (Å²) in [6.07, 6.45) is 3.40. The SMILES string of the molecule is C[C@@H]1CN(C(=O)Cc2csc(-c3ccoc3)n2)C[C@H]1C(=O)O. The third-order valence-corrected chi connectivity index (χ3v) is 4.87. The molecule has 1 saturated heterocycles. The van der Waals surface area contributed by atoms with E-state index in [2.05, 4.69) is 4.98 Å². The number of likely N-dealkylation sites (tertiary alicyclic amines) is 1. The summed E-state index contributed by atoms with van der Waals surface area (Å²) in [6, 6.07) is 1.82. The number of carboxylic acid groups (broad SMARTS) is 1. The number of hydrogen-bond acceptors (Lipinski definition) is 5. The number of thiazole rings is 1. The third-order valence-electron chi connectivity index (χ3n) is 3.93. The Morgan fingerprint density at radius 1 is 1.50 bits per heavy atom. The molecule has 0 spiro atoms. The van der Waals surface area contributed by atoms with E-state index in [1.165, 1.54) is 11.3 Å². The van der Waals surface area contributed by atoms with Crippen LogP contribution in [0.4, 0.5) is 0 Å². The minimum absolute atomic E-state index is 0.0154. The van der Waals surface area contributed by atoms with E-state index in [0.717, 1.165) is 10.6 Å². The van der Waals surface area contributed by atoms with Crippen LogP contribution in [0.1, 0.15) is 12.6 Å².